The first-order valence-corrected chi connectivity index (χ1v) is 4.35. The number of carboxylic acids is 1. The summed E-state index contributed by atoms with van der Waals surface area (Å²) in [5.74, 6) is -2.41. The zero-order valence-corrected chi connectivity index (χ0v) is 7.96. The molecule has 0 amide bonds. The molecule has 80 valence electrons. The van der Waals surface area contributed by atoms with E-state index in [0.717, 1.165) is 6.33 Å². The van der Waals surface area contributed by atoms with Gasteiger partial charge in [-0.1, -0.05) is 6.07 Å². The molecule has 0 saturated carbocycles. The van der Waals surface area contributed by atoms with Crippen LogP contribution in [0.3, 0.4) is 0 Å². The molecule has 6 heteroatoms. The van der Waals surface area contributed by atoms with E-state index in [1.165, 1.54) is 12.3 Å². The van der Waals surface area contributed by atoms with E-state index in [1.54, 1.807) is 12.1 Å². The maximum absolute atomic E-state index is 13.7. The van der Waals surface area contributed by atoms with Gasteiger partial charge < -0.3 is 5.11 Å². The lowest BCUT2D eigenvalue weighted by molar-refractivity contribution is 0.0684. The van der Waals surface area contributed by atoms with E-state index in [0.29, 0.717) is 0 Å². The van der Waals surface area contributed by atoms with E-state index in [-0.39, 0.29) is 11.4 Å². The number of aromatic nitrogens is 3. The molecule has 0 saturated heterocycles. The molecule has 5 nitrogen and oxygen atoms in total. The predicted molar refractivity (Wildman–Crippen MR) is 52.2 cm³/mol. The number of halogens is 1. The van der Waals surface area contributed by atoms with Crippen molar-refractivity contribution in [1.29, 1.82) is 0 Å². The van der Waals surface area contributed by atoms with Crippen molar-refractivity contribution in [3.8, 4) is 11.4 Å². The first kappa shape index (κ1) is 10.2. The van der Waals surface area contributed by atoms with Crippen LogP contribution in [-0.2, 0) is 0 Å². The minimum atomic E-state index is -1.43. The van der Waals surface area contributed by atoms with Crippen LogP contribution in [0, 0.1) is 5.82 Å². The molecule has 0 radical (unpaired) electrons. The SMILES string of the molecule is O=C(O)c1ncnc(-c2ccccn2)c1F. The average molecular weight is 219 g/mol. The standard InChI is InChI=1S/C10H6FN3O2/c11-7-8(6-3-1-2-4-12-6)13-5-14-9(7)10(15)16/h1-5H,(H,15,16). The Labute approximate surface area is 89.6 Å². The molecule has 0 aromatic carbocycles. The zero-order valence-electron chi connectivity index (χ0n) is 7.96. The Kier molecular flexibility index (Phi) is 2.55. The van der Waals surface area contributed by atoms with Crippen LogP contribution in [0.4, 0.5) is 4.39 Å². The minimum Gasteiger partial charge on any atom is -0.476 e. The quantitative estimate of drug-likeness (QED) is 0.825. The molecular weight excluding hydrogens is 213 g/mol. The maximum atomic E-state index is 13.7. The molecule has 2 aromatic heterocycles. The van der Waals surface area contributed by atoms with Gasteiger partial charge in [0.25, 0.3) is 0 Å². The predicted octanol–water partition coefficient (Wildman–Crippen LogP) is 1.38. The third-order valence-electron chi connectivity index (χ3n) is 1.90. The van der Waals surface area contributed by atoms with Gasteiger partial charge >= 0.3 is 5.97 Å². The number of rotatable bonds is 2. The van der Waals surface area contributed by atoms with Gasteiger partial charge in [-0.15, -0.1) is 0 Å². The van der Waals surface area contributed by atoms with E-state index in [2.05, 4.69) is 15.0 Å². The summed E-state index contributed by atoms with van der Waals surface area (Å²) in [5, 5.41) is 8.69. The summed E-state index contributed by atoms with van der Waals surface area (Å²) < 4.78 is 13.7. The van der Waals surface area contributed by atoms with Crippen molar-refractivity contribution in [2.24, 2.45) is 0 Å². The maximum Gasteiger partial charge on any atom is 0.357 e. The van der Waals surface area contributed by atoms with Crippen LogP contribution in [0.25, 0.3) is 11.4 Å². The molecule has 0 aliphatic rings. The second kappa shape index (κ2) is 4.01. The number of pyridine rings is 1. The summed E-state index contributed by atoms with van der Waals surface area (Å²) in [6.07, 6.45) is 2.47. The summed E-state index contributed by atoms with van der Waals surface area (Å²) in [6, 6.07) is 4.86. The Morgan fingerprint density at radius 3 is 2.69 bits per heavy atom. The Hall–Kier alpha value is -2.37. The van der Waals surface area contributed by atoms with Gasteiger partial charge in [-0.3, -0.25) is 4.98 Å². The highest BCUT2D eigenvalue weighted by molar-refractivity contribution is 5.86. The largest absolute Gasteiger partial charge is 0.476 e. The van der Waals surface area contributed by atoms with Gasteiger partial charge in [-0.25, -0.2) is 19.2 Å². The Balaban J connectivity index is 2.59. The zero-order chi connectivity index (χ0) is 11.5. The van der Waals surface area contributed by atoms with Gasteiger partial charge in [-0.2, -0.15) is 0 Å². The number of hydrogen-bond acceptors (Lipinski definition) is 4. The highest BCUT2D eigenvalue weighted by Gasteiger charge is 2.18. The normalized spacial score (nSPS) is 10.1. The molecule has 0 unspecified atom stereocenters. The molecule has 0 fully saturated rings. The second-order valence-corrected chi connectivity index (χ2v) is 2.90. The van der Waals surface area contributed by atoms with Crippen molar-refractivity contribution < 1.29 is 14.3 Å². The van der Waals surface area contributed by atoms with Gasteiger partial charge in [0, 0.05) is 6.20 Å². The van der Waals surface area contributed by atoms with Crippen LogP contribution in [0.15, 0.2) is 30.7 Å². The molecule has 0 aliphatic carbocycles. The van der Waals surface area contributed by atoms with E-state index in [1.807, 2.05) is 0 Å². The molecule has 0 aliphatic heterocycles. The van der Waals surface area contributed by atoms with Crippen molar-refractivity contribution in [3.05, 3.63) is 42.2 Å². The van der Waals surface area contributed by atoms with Gasteiger partial charge in [0.1, 0.15) is 12.0 Å². The highest BCUT2D eigenvalue weighted by Crippen LogP contribution is 2.18. The lowest BCUT2D eigenvalue weighted by atomic mass is 10.2. The van der Waals surface area contributed by atoms with Crippen LogP contribution in [0.2, 0.25) is 0 Å². The highest BCUT2D eigenvalue weighted by atomic mass is 19.1. The minimum absolute atomic E-state index is 0.118. The first-order chi connectivity index (χ1) is 7.70. The fourth-order valence-electron chi connectivity index (χ4n) is 1.20. The molecule has 0 spiro atoms. The number of carboxylic acid groups (broad SMARTS) is 1. The van der Waals surface area contributed by atoms with Crippen molar-refractivity contribution in [2.75, 3.05) is 0 Å². The summed E-state index contributed by atoms with van der Waals surface area (Å²) in [5.41, 5.74) is -0.506. The smallest absolute Gasteiger partial charge is 0.357 e. The molecular formula is C10H6FN3O2. The Morgan fingerprint density at radius 1 is 1.25 bits per heavy atom. The second-order valence-electron chi connectivity index (χ2n) is 2.90. The van der Waals surface area contributed by atoms with E-state index in [9.17, 15) is 9.18 Å². The van der Waals surface area contributed by atoms with Crippen LogP contribution in [0.5, 0.6) is 0 Å². The van der Waals surface area contributed by atoms with Crippen LogP contribution < -0.4 is 0 Å². The van der Waals surface area contributed by atoms with Crippen molar-refractivity contribution in [2.45, 2.75) is 0 Å². The average Bonchev–Trinajstić information content (AvgIpc) is 2.30. The molecule has 0 bridgehead atoms. The van der Waals surface area contributed by atoms with E-state index >= 15 is 0 Å². The van der Waals surface area contributed by atoms with Gasteiger partial charge in [-0.05, 0) is 12.1 Å². The lowest BCUT2D eigenvalue weighted by Gasteiger charge is -2.02. The van der Waals surface area contributed by atoms with Crippen LogP contribution in [0.1, 0.15) is 10.5 Å². The molecule has 1 N–H and O–H groups in total. The number of hydrogen-bond donors (Lipinski definition) is 1. The molecule has 16 heavy (non-hydrogen) atoms. The molecule has 2 aromatic rings. The third-order valence-corrected chi connectivity index (χ3v) is 1.90. The Morgan fingerprint density at radius 2 is 2.06 bits per heavy atom. The topological polar surface area (TPSA) is 76.0 Å². The van der Waals surface area contributed by atoms with Crippen molar-refractivity contribution in [3.63, 3.8) is 0 Å². The van der Waals surface area contributed by atoms with Gasteiger partial charge in [0.05, 0.1) is 5.69 Å². The molecule has 2 rings (SSSR count). The fraction of sp³-hybridized carbons (Fsp3) is 0. The van der Waals surface area contributed by atoms with E-state index in [4.69, 9.17) is 5.11 Å². The number of nitrogens with zero attached hydrogens (tertiary/aromatic N) is 3. The van der Waals surface area contributed by atoms with Gasteiger partial charge in [0.15, 0.2) is 11.5 Å². The van der Waals surface area contributed by atoms with Crippen LogP contribution >= 0.6 is 0 Å². The third kappa shape index (κ3) is 1.72. The summed E-state index contributed by atoms with van der Waals surface area (Å²) >= 11 is 0. The number of aromatic carboxylic acids is 1. The van der Waals surface area contributed by atoms with Crippen molar-refractivity contribution >= 4 is 5.97 Å². The Bertz CT molecular complexity index is 531. The first-order valence-electron chi connectivity index (χ1n) is 4.35. The summed E-state index contributed by atoms with van der Waals surface area (Å²) in [4.78, 5) is 21.6. The summed E-state index contributed by atoms with van der Waals surface area (Å²) in [7, 11) is 0. The fourth-order valence-corrected chi connectivity index (χ4v) is 1.20. The van der Waals surface area contributed by atoms with Gasteiger partial charge in [0.2, 0.25) is 0 Å². The lowest BCUT2D eigenvalue weighted by Crippen LogP contribution is -2.07. The molecule has 0 atom stereocenters. The number of carbonyl (C=O) groups is 1. The van der Waals surface area contributed by atoms with Crippen LogP contribution in [-0.4, -0.2) is 26.0 Å². The monoisotopic (exact) mass is 219 g/mol. The van der Waals surface area contributed by atoms with E-state index < -0.39 is 17.5 Å². The summed E-state index contributed by atoms with van der Waals surface area (Å²) in [6.45, 7) is 0. The van der Waals surface area contributed by atoms with Crippen molar-refractivity contribution in [1.82, 2.24) is 15.0 Å². The molecule has 2 heterocycles.